The third-order valence-electron chi connectivity index (χ3n) is 3.30. The number of rotatable bonds is 4. The van der Waals surface area contributed by atoms with Gasteiger partial charge in [0.2, 0.25) is 0 Å². The topological polar surface area (TPSA) is 39.1 Å². The minimum absolute atomic E-state index is 0.576. The van der Waals surface area contributed by atoms with E-state index in [0.717, 1.165) is 19.6 Å². The van der Waals surface area contributed by atoms with Gasteiger partial charge in [0, 0.05) is 18.3 Å². The molecule has 17 heavy (non-hydrogen) atoms. The molecule has 1 N–H and O–H groups in total. The predicted octanol–water partition coefficient (Wildman–Crippen LogP) is 2.16. The van der Waals surface area contributed by atoms with Crippen LogP contribution in [0.4, 0.5) is 5.69 Å². The van der Waals surface area contributed by atoms with Crippen molar-refractivity contribution in [2.24, 2.45) is 0 Å². The molecule has 1 saturated heterocycles. The summed E-state index contributed by atoms with van der Waals surface area (Å²) in [6.45, 7) is 3.01. The Hall–Kier alpha value is -1.53. The smallest absolute Gasteiger partial charge is 0.0640 e. The molecule has 0 spiro atoms. The molecule has 0 aliphatic carbocycles. The van der Waals surface area contributed by atoms with Gasteiger partial charge in [-0.3, -0.25) is 0 Å². The molecule has 0 aromatic heterocycles. The van der Waals surface area contributed by atoms with Gasteiger partial charge in [0.1, 0.15) is 0 Å². The van der Waals surface area contributed by atoms with Gasteiger partial charge in [0.25, 0.3) is 0 Å². The van der Waals surface area contributed by atoms with Crippen LogP contribution in [-0.4, -0.2) is 25.7 Å². The van der Waals surface area contributed by atoms with Crippen molar-refractivity contribution >= 4 is 5.69 Å². The standard InChI is InChI=1S/C14H19N3/c15-9-4-12-17(13-5-2-1-3-6-13)14-7-10-16-11-8-14/h1-3,5-6,14,16H,4,7-8,10-12H2. The maximum atomic E-state index is 8.77. The number of para-hydroxylation sites is 1. The second kappa shape index (κ2) is 6.27. The van der Waals surface area contributed by atoms with Crippen molar-refractivity contribution in [3.05, 3.63) is 30.3 Å². The van der Waals surface area contributed by atoms with Crippen LogP contribution in [0.1, 0.15) is 19.3 Å². The fraction of sp³-hybridized carbons (Fsp3) is 0.500. The molecule has 0 bridgehead atoms. The summed E-state index contributed by atoms with van der Waals surface area (Å²) in [7, 11) is 0. The summed E-state index contributed by atoms with van der Waals surface area (Å²) in [4.78, 5) is 2.39. The van der Waals surface area contributed by atoms with Crippen LogP contribution >= 0.6 is 0 Å². The van der Waals surface area contributed by atoms with Gasteiger partial charge in [-0.05, 0) is 38.1 Å². The highest BCUT2D eigenvalue weighted by Gasteiger charge is 2.20. The number of benzene rings is 1. The molecule has 90 valence electrons. The molecule has 1 aliphatic rings. The molecule has 0 atom stereocenters. The minimum atomic E-state index is 0.576. The molecule has 3 nitrogen and oxygen atoms in total. The zero-order valence-corrected chi connectivity index (χ0v) is 10.1. The SMILES string of the molecule is N#CCCN(c1ccccc1)C1CCNCC1. The lowest BCUT2D eigenvalue weighted by Crippen LogP contribution is -2.43. The Balaban J connectivity index is 2.10. The first kappa shape index (κ1) is 11.9. The maximum Gasteiger partial charge on any atom is 0.0640 e. The van der Waals surface area contributed by atoms with Crippen molar-refractivity contribution in [3.8, 4) is 6.07 Å². The van der Waals surface area contributed by atoms with Crippen LogP contribution in [0, 0.1) is 11.3 Å². The zero-order valence-electron chi connectivity index (χ0n) is 10.1. The van der Waals surface area contributed by atoms with Gasteiger partial charge < -0.3 is 10.2 Å². The summed E-state index contributed by atoms with van der Waals surface area (Å²) in [5.41, 5.74) is 1.25. The van der Waals surface area contributed by atoms with Crippen LogP contribution in [0.2, 0.25) is 0 Å². The molecule has 2 rings (SSSR count). The monoisotopic (exact) mass is 229 g/mol. The van der Waals surface area contributed by atoms with Crippen molar-refractivity contribution < 1.29 is 0 Å². The van der Waals surface area contributed by atoms with Crippen molar-refractivity contribution in [1.29, 1.82) is 5.26 Å². The van der Waals surface area contributed by atoms with Gasteiger partial charge >= 0.3 is 0 Å². The van der Waals surface area contributed by atoms with Crippen molar-refractivity contribution in [3.63, 3.8) is 0 Å². The summed E-state index contributed by atoms with van der Waals surface area (Å²) in [6.07, 6.45) is 2.93. The largest absolute Gasteiger partial charge is 0.367 e. The van der Waals surface area contributed by atoms with Crippen LogP contribution in [0.5, 0.6) is 0 Å². The first-order valence-electron chi connectivity index (χ1n) is 6.31. The number of nitriles is 1. The highest BCUT2D eigenvalue weighted by molar-refractivity contribution is 5.47. The molecule has 1 aromatic rings. The third-order valence-corrected chi connectivity index (χ3v) is 3.30. The van der Waals surface area contributed by atoms with Crippen LogP contribution in [-0.2, 0) is 0 Å². The van der Waals surface area contributed by atoms with Crippen molar-refractivity contribution in [2.75, 3.05) is 24.5 Å². The molecule has 1 heterocycles. The molecule has 1 fully saturated rings. The summed E-state index contributed by atoms with van der Waals surface area (Å²) < 4.78 is 0. The lowest BCUT2D eigenvalue weighted by Gasteiger charge is -2.36. The highest BCUT2D eigenvalue weighted by Crippen LogP contribution is 2.21. The van der Waals surface area contributed by atoms with Gasteiger partial charge in [0.15, 0.2) is 0 Å². The normalized spacial score (nSPS) is 16.4. The van der Waals surface area contributed by atoms with E-state index in [4.69, 9.17) is 5.26 Å². The third kappa shape index (κ3) is 3.21. The molecule has 1 aliphatic heterocycles. The Bertz CT molecular complexity index is 363. The molecule has 3 heteroatoms. The Morgan fingerprint density at radius 1 is 1.24 bits per heavy atom. The molecule has 0 radical (unpaired) electrons. The zero-order chi connectivity index (χ0) is 11.9. The van der Waals surface area contributed by atoms with Gasteiger partial charge in [-0.1, -0.05) is 18.2 Å². The quantitative estimate of drug-likeness (QED) is 0.860. The number of nitrogens with zero attached hydrogens (tertiary/aromatic N) is 2. The minimum Gasteiger partial charge on any atom is -0.367 e. The van der Waals surface area contributed by atoms with E-state index in [9.17, 15) is 0 Å². The van der Waals surface area contributed by atoms with E-state index in [1.54, 1.807) is 0 Å². The fourth-order valence-electron chi connectivity index (χ4n) is 2.43. The van der Waals surface area contributed by atoms with Crippen molar-refractivity contribution in [1.82, 2.24) is 5.32 Å². The second-order valence-corrected chi connectivity index (χ2v) is 4.42. The van der Waals surface area contributed by atoms with Gasteiger partial charge in [-0.15, -0.1) is 0 Å². The van der Waals surface area contributed by atoms with Crippen LogP contribution < -0.4 is 10.2 Å². The lowest BCUT2D eigenvalue weighted by atomic mass is 10.0. The van der Waals surface area contributed by atoms with Gasteiger partial charge in [-0.25, -0.2) is 0 Å². The van der Waals surface area contributed by atoms with Crippen LogP contribution in [0.25, 0.3) is 0 Å². The van der Waals surface area contributed by atoms with E-state index in [1.807, 2.05) is 6.07 Å². The Kier molecular flexibility index (Phi) is 4.40. The summed E-state index contributed by atoms with van der Waals surface area (Å²) in [5, 5.41) is 12.2. The highest BCUT2D eigenvalue weighted by atomic mass is 15.2. The van der Waals surface area contributed by atoms with E-state index < -0.39 is 0 Å². The summed E-state index contributed by atoms with van der Waals surface area (Å²) in [5.74, 6) is 0. The summed E-state index contributed by atoms with van der Waals surface area (Å²) >= 11 is 0. The predicted molar refractivity (Wildman–Crippen MR) is 69.9 cm³/mol. The first-order chi connectivity index (χ1) is 8.42. The molecule has 0 saturated carbocycles. The van der Waals surface area contributed by atoms with E-state index in [0.29, 0.717) is 12.5 Å². The molecule has 0 amide bonds. The summed E-state index contributed by atoms with van der Waals surface area (Å²) in [6, 6.07) is 13.3. The van der Waals surface area contributed by atoms with E-state index in [-0.39, 0.29) is 0 Å². The lowest BCUT2D eigenvalue weighted by molar-refractivity contribution is 0.431. The Morgan fingerprint density at radius 3 is 2.59 bits per heavy atom. The fourth-order valence-corrected chi connectivity index (χ4v) is 2.43. The van der Waals surface area contributed by atoms with Gasteiger partial charge in [-0.2, -0.15) is 5.26 Å². The van der Waals surface area contributed by atoms with E-state index in [2.05, 4.69) is 40.6 Å². The molecular weight excluding hydrogens is 210 g/mol. The Morgan fingerprint density at radius 2 is 1.94 bits per heavy atom. The molecule has 0 unspecified atom stereocenters. The van der Waals surface area contributed by atoms with Gasteiger partial charge in [0.05, 0.1) is 12.5 Å². The number of nitrogens with one attached hydrogen (secondary N) is 1. The first-order valence-corrected chi connectivity index (χ1v) is 6.31. The molecular formula is C14H19N3. The number of anilines is 1. The maximum absolute atomic E-state index is 8.77. The second-order valence-electron chi connectivity index (χ2n) is 4.42. The number of piperidine rings is 1. The molecule has 1 aromatic carbocycles. The van der Waals surface area contributed by atoms with E-state index in [1.165, 1.54) is 18.5 Å². The number of hydrogen-bond acceptors (Lipinski definition) is 3. The Labute approximate surface area is 103 Å². The van der Waals surface area contributed by atoms with Crippen LogP contribution in [0.15, 0.2) is 30.3 Å². The number of hydrogen-bond donors (Lipinski definition) is 1. The average Bonchev–Trinajstić information content (AvgIpc) is 2.42. The van der Waals surface area contributed by atoms with Crippen molar-refractivity contribution in [2.45, 2.75) is 25.3 Å². The van der Waals surface area contributed by atoms with Crippen LogP contribution in [0.3, 0.4) is 0 Å². The average molecular weight is 229 g/mol. The van der Waals surface area contributed by atoms with E-state index >= 15 is 0 Å².